The topological polar surface area (TPSA) is 63.6 Å². The van der Waals surface area contributed by atoms with E-state index >= 15 is 0 Å². The fourth-order valence-electron chi connectivity index (χ4n) is 7.40. The summed E-state index contributed by atoms with van der Waals surface area (Å²) in [5, 5.41) is 11.4. The number of hydrogen-bond donors (Lipinski definition) is 1. The van der Waals surface area contributed by atoms with Crippen LogP contribution in [0.5, 0.6) is 0 Å². The van der Waals surface area contributed by atoms with Crippen molar-refractivity contribution in [3.63, 3.8) is 0 Å². The van der Waals surface area contributed by atoms with Crippen molar-refractivity contribution in [1.82, 2.24) is 0 Å². The molecule has 4 aliphatic rings. The summed E-state index contributed by atoms with van der Waals surface area (Å²) >= 11 is 3.14. The third-order valence-corrected chi connectivity index (χ3v) is 9.41. The molecule has 5 heteroatoms. The van der Waals surface area contributed by atoms with Gasteiger partial charge in [-0.1, -0.05) is 29.8 Å². The summed E-state index contributed by atoms with van der Waals surface area (Å²) in [4.78, 5) is 23.9. The van der Waals surface area contributed by atoms with Crippen LogP contribution in [-0.4, -0.2) is 28.0 Å². The first kappa shape index (κ1) is 18.9. The van der Waals surface area contributed by atoms with Gasteiger partial charge in [0.1, 0.15) is 11.1 Å². The zero-order valence-electron chi connectivity index (χ0n) is 15.9. The number of aliphatic hydroxyl groups is 1. The van der Waals surface area contributed by atoms with Crippen LogP contribution in [0.2, 0.25) is 0 Å². The van der Waals surface area contributed by atoms with E-state index in [-0.39, 0.29) is 22.1 Å². The average Bonchev–Trinajstić information content (AvgIpc) is 2.86. The largest absolute Gasteiger partial charge is 0.432 e. The summed E-state index contributed by atoms with van der Waals surface area (Å²) < 4.78 is 5.57. The lowest BCUT2D eigenvalue weighted by molar-refractivity contribution is -0.265. The molecular weight excluding hydrogens is 396 g/mol. The van der Waals surface area contributed by atoms with Crippen LogP contribution in [0.4, 0.5) is 0 Å². The van der Waals surface area contributed by atoms with Crippen molar-refractivity contribution in [2.24, 2.45) is 34.5 Å². The van der Waals surface area contributed by atoms with E-state index in [4.69, 9.17) is 4.74 Å². The first-order valence-corrected chi connectivity index (χ1v) is 11.4. The van der Waals surface area contributed by atoms with Crippen molar-refractivity contribution < 1.29 is 19.4 Å². The maximum absolute atomic E-state index is 12.0. The fraction of sp³-hybridized carbons (Fsp3) is 0.905. The molecule has 0 saturated heterocycles. The number of carbonyl (C=O) groups excluding carboxylic acids is 2. The Hall–Kier alpha value is -0.420. The minimum absolute atomic E-state index is 0.121. The second-order valence-electron chi connectivity index (χ2n) is 9.79. The molecule has 0 spiro atoms. The highest BCUT2D eigenvalue weighted by atomic mass is 79.9. The van der Waals surface area contributed by atoms with E-state index in [1.807, 2.05) is 0 Å². The third-order valence-electron chi connectivity index (χ3n) is 8.95. The summed E-state index contributed by atoms with van der Waals surface area (Å²) in [5.74, 6) is 0.919. The Labute approximate surface area is 164 Å². The molecule has 4 fully saturated rings. The van der Waals surface area contributed by atoms with Crippen LogP contribution in [0.25, 0.3) is 0 Å². The molecule has 146 valence electrons. The first-order chi connectivity index (χ1) is 12.2. The Morgan fingerprint density at radius 2 is 1.88 bits per heavy atom. The number of carbonyl (C=O) groups is 2. The lowest BCUT2D eigenvalue weighted by atomic mass is 9.45. The minimum Gasteiger partial charge on any atom is -0.432 e. The summed E-state index contributed by atoms with van der Waals surface area (Å²) in [6.45, 7) is 4.57. The predicted octanol–water partition coefficient (Wildman–Crippen LogP) is 4.22. The molecular formula is C21H31BrO4. The van der Waals surface area contributed by atoms with Gasteiger partial charge in [0, 0.05) is 24.7 Å². The molecule has 1 N–H and O–H groups in total. The molecule has 0 unspecified atom stereocenters. The van der Waals surface area contributed by atoms with Crippen LogP contribution < -0.4 is 0 Å². The van der Waals surface area contributed by atoms with Gasteiger partial charge in [-0.15, -0.1) is 0 Å². The van der Waals surface area contributed by atoms with E-state index < -0.39 is 5.79 Å². The minimum atomic E-state index is -1.33. The molecule has 4 nitrogen and oxygen atoms in total. The number of hydrogen-bond acceptors (Lipinski definition) is 4. The van der Waals surface area contributed by atoms with Gasteiger partial charge >= 0.3 is 5.97 Å². The van der Waals surface area contributed by atoms with Gasteiger partial charge in [-0.25, -0.2) is 0 Å². The maximum Gasteiger partial charge on any atom is 0.319 e. The quantitative estimate of drug-likeness (QED) is 0.407. The lowest BCUT2D eigenvalue weighted by Gasteiger charge is -2.60. The van der Waals surface area contributed by atoms with Crippen molar-refractivity contribution in [3.8, 4) is 0 Å². The van der Waals surface area contributed by atoms with Gasteiger partial charge in [0.2, 0.25) is 5.79 Å². The van der Waals surface area contributed by atoms with E-state index in [9.17, 15) is 14.7 Å². The number of halogens is 1. The first-order valence-electron chi connectivity index (χ1n) is 10.3. The van der Waals surface area contributed by atoms with Crippen LogP contribution in [0.3, 0.4) is 0 Å². The molecule has 4 rings (SSSR count). The van der Waals surface area contributed by atoms with Gasteiger partial charge in [0.05, 0.1) is 0 Å². The van der Waals surface area contributed by atoms with Crippen LogP contribution >= 0.6 is 15.9 Å². The summed E-state index contributed by atoms with van der Waals surface area (Å²) in [5.41, 5.74) is -0.0783. The highest BCUT2D eigenvalue weighted by Gasteiger charge is 2.66. The Morgan fingerprint density at radius 1 is 1.15 bits per heavy atom. The second-order valence-corrected chi connectivity index (χ2v) is 10.3. The number of ether oxygens (including phenoxy) is 1. The molecule has 0 aromatic carbocycles. The van der Waals surface area contributed by atoms with E-state index in [1.165, 1.54) is 0 Å². The normalized spacial score (nSPS) is 50.5. The standard InChI is InChI=1S/C21H31BrO4/c1-19-8-5-14(23)11-13(19)3-4-15-16(19)6-9-20(2)17(15)7-10-21(20,25)26-18(24)12-22/h13,15-17,25H,3-12H2,1-2H3/t13-,15+,16-,17-,19-,20-,21-/m0/s1. The van der Waals surface area contributed by atoms with Gasteiger partial charge in [-0.05, 0) is 67.6 Å². The lowest BCUT2D eigenvalue weighted by Crippen LogP contribution is -2.57. The van der Waals surface area contributed by atoms with Crippen molar-refractivity contribution in [1.29, 1.82) is 0 Å². The van der Waals surface area contributed by atoms with E-state index in [1.54, 1.807) is 0 Å². The monoisotopic (exact) mass is 426 g/mol. The number of fused-ring (bicyclic) bond motifs is 5. The zero-order valence-corrected chi connectivity index (χ0v) is 17.5. The highest BCUT2D eigenvalue weighted by molar-refractivity contribution is 9.09. The summed E-state index contributed by atoms with van der Waals surface area (Å²) in [7, 11) is 0. The molecule has 0 aliphatic heterocycles. The number of esters is 1. The predicted molar refractivity (Wildman–Crippen MR) is 102 cm³/mol. The van der Waals surface area contributed by atoms with Crippen molar-refractivity contribution in [3.05, 3.63) is 0 Å². The summed E-state index contributed by atoms with van der Waals surface area (Å²) in [6.07, 6.45) is 8.30. The number of alkyl halides is 1. The fourth-order valence-corrected chi connectivity index (χ4v) is 7.52. The molecule has 0 aromatic heterocycles. The Kier molecular flexibility index (Phi) is 4.58. The van der Waals surface area contributed by atoms with Gasteiger partial charge < -0.3 is 9.84 Å². The maximum atomic E-state index is 12.0. The summed E-state index contributed by atoms with van der Waals surface area (Å²) in [6, 6.07) is 0. The Morgan fingerprint density at radius 3 is 2.62 bits per heavy atom. The molecule has 0 radical (unpaired) electrons. The van der Waals surface area contributed by atoms with E-state index in [0.29, 0.717) is 35.9 Å². The highest BCUT2D eigenvalue weighted by Crippen LogP contribution is 2.68. The molecule has 4 aliphatic carbocycles. The van der Waals surface area contributed by atoms with Crippen molar-refractivity contribution in [2.45, 2.75) is 77.4 Å². The van der Waals surface area contributed by atoms with Crippen LogP contribution in [0.15, 0.2) is 0 Å². The Balaban J connectivity index is 1.60. The average molecular weight is 427 g/mol. The van der Waals surface area contributed by atoms with Crippen LogP contribution in [0, 0.1) is 34.5 Å². The van der Waals surface area contributed by atoms with E-state index in [0.717, 1.165) is 51.4 Å². The molecule has 7 atom stereocenters. The molecule has 0 aromatic rings. The van der Waals surface area contributed by atoms with Gasteiger partial charge in [-0.2, -0.15) is 0 Å². The number of Topliss-reactive ketones (excluding diaryl/α,β-unsaturated/α-hetero) is 1. The van der Waals surface area contributed by atoms with Crippen LogP contribution in [-0.2, 0) is 14.3 Å². The van der Waals surface area contributed by atoms with Gasteiger partial charge in [-0.3, -0.25) is 9.59 Å². The Bertz CT molecular complexity index is 621. The van der Waals surface area contributed by atoms with Gasteiger partial charge in [0.15, 0.2) is 0 Å². The number of rotatable bonds is 2. The van der Waals surface area contributed by atoms with Crippen LogP contribution in [0.1, 0.15) is 71.6 Å². The SMILES string of the molecule is C[C@]12CCC(=O)C[C@@H]1CC[C@@H]1[C@@H]2CC[C@@]2(C)[C@H]1CC[C@]2(O)OC(=O)CBr. The smallest absolute Gasteiger partial charge is 0.319 e. The molecule has 0 amide bonds. The van der Waals surface area contributed by atoms with E-state index in [2.05, 4.69) is 29.8 Å². The molecule has 0 bridgehead atoms. The molecule has 26 heavy (non-hydrogen) atoms. The van der Waals surface area contributed by atoms with Crippen molar-refractivity contribution >= 4 is 27.7 Å². The number of ketones is 1. The zero-order chi connectivity index (χ0) is 18.7. The van der Waals surface area contributed by atoms with Crippen molar-refractivity contribution in [2.75, 3.05) is 5.33 Å². The van der Waals surface area contributed by atoms with Gasteiger partial charge in [0.25, 0.3) is 0 Å². The third kappa shape index (κ3) is 2.56. The molecule has 4 saturated carbocycles. The molecule has 0 heterocycles. The second kappa shape index (κ2) is 6.30.